The number of benzene rings is 1. The van der Waals surface area contributed by atoms with Gasteiger partial charge in [-0.2, -0.15) is 4.98 Å². The van der Waals surface area contributed by atoms with E-state index in [2.05, 4.69) is 22.0 Å². The van der Waals surface area contributed by atoms with Crippen molar-refractivity contribution in [1.82, 2.24) is 15.0 Å². The molecule has 0 radical (unpaired) electrons. The number of aryl methyl sites for hydroxylation is 1. The molecule has 1 aromatic carbocycles. The van der Waals surface area contributed by atoms with Crippen LogP contribution in [-0.4, -0.2) is 61.3 Å². The number of carbonyl (C=O) groups excluding carboxylic acids is 1. The van der Waals surface area contributed by atoms with E-state index in [1.807, 2.05) is 4.90 Å². The third-order valence-electron chi connectivity index (χ3n) is 6.38. The molecule has 0 aliphatic carbocycles. The molecule has 0 saturated carbocycles. The molecule has 32 heavy (non-hydrogen) atoms. The lowest BCUT2D eigenvalue weighted by Crippen LogP contribution is -2.46. The largest absolute Gasteiger partial charge is 0.339 e. The van der Waals surface area contributed by atoms with Gasteiger partial charge in [0.05, 0.1) is 4.90 Å². The number of rotatable bonds is 7. The van der Waals surface area contributed by atoms with E-state index >= 15 is 0 Å². The monoisotopic (exact) mass is 464 g/mol. The van der Waals surface area contributed by atoms with Gasteiger partial charge in [-0.25, -0.2) is 12.8 Å². The highest BCUT2D eigenvalue weighted by atomic mass is 32.2. The molecule has 1 aromatic heterocycles. The molecule has 3 heterocycles. The van der Waals surface area contributed by atoms with Crippen LogP contribution in [0.3, 0.4) is 0 Å². The molecule has 1 atom stereocenters. The van der Waals surface area contributed by atoms with Crippen LogP contribution >= 0.6 is 0 Å². The second-order valence-corrected chi connectivity index (χ2v) is 10.7. The van der Waals surface area contributed by atoms with Crippen LogP contribution in [0.5, 0.6) is 0 Å². The fourth-order valence-electron chi connectivity index (χ4n) is 4.57. The first-order valence-corrected chi connectivity index (χ1v) is 13.0. The number of hydrogen-bond donors (Lipinski definition) is 0. The van der Waals surface area contributed by atoms with Crippen molar-refractivity contribution < 1.29 is 22.1 Å². The Bertz CT molecular complexity index is 1080. The van der Waals surface area contributed by atoms with Gasteiger partial charge in [0.15, 0.2) is 9.84 Å². The first kappa shape index (κ1) is 22.7. The Labute approximate surface area is 187 Å². The van der Waals surface area contributed by atoms with E-state index in [0.717, 1.165) is 51.1 Å². The normalized spacial score (nSPS) is 20.3. The fourth-order valence-corrected chi connectivity index (χ4v) is 5.20. The van der Waals surface area contributed by atoms with E-state index in [0.29, 0.717) is 30.4 Å². The van der Waals surface area contributed by atoms with Crippen LogP contribution in [0.25, 0.3) is 0 Å². The van der Waals surface area contributed by atoms with Crippen LogP contribution in [0, 0.1) is 11.7 Å². The minimum Gasteiger partial charge on any atom is -0.339 e. The Morgan fingerprint density at radius 2 is 1.94 bits per heavy atom. The van der Waals surface area contributed by atoms with Gasteiger partial charge < -0.3 is 14.3 Å². The van der Waals surface area contributed by atoms with Crippen molar-refractivity contribution in [3.63, 3.8) is 0 Å². The molecular weight excluding hydrogens is 435 g/mol. The van der Waals surface area contributed by atoms with Gasteiger partial charge in [-0.1, -0.05) is 13.0 Å². The summed E-state index contributed by atoms with van der Waals surface area (Å²) < 4.78 is 43.0. The smallest absolute Gasteiger partial charge is 0.266 e. The maximum Gasteiger partial charge on any atom is 0.266 e. The predicted molar refractivity (Wildman–Crippen MR) is 117 cm³/mol. The highest BCUT2D eigenvalue weighted by Gasteiger charge is 2.37. The third kappa shape index (κ3) is 4.79. The van der Waals surface area contributed by atoms with E-state index in [1.165, 1.54) is 12.1 Å². The molecule has 2 aliphatic heterocycles. The van der Waals surface area contributed by atoms with Gasteiger partial charge in [-0.3, -0.25) is 4.79 Å². The summed E-state index contributed by atoms with van der Waals surface area (Å²) in [5, 5.41) is 4.07. The summed E-state index contributed by atoms with van der Waals surface area (Å²) in [4.78, 5) is 21.5. The van der Waals surface area contributed by atoms with Gasteiger partial charge in [-0.05, 0) is 55.0 Å². The molecule has 10 heteroatoms. The number of nitrogens with zero attached hydrogens (tertiary/aromatic N) is 4. The quantitative estimate of drug-likeness (QED) is 0.621. The molecule has 2 fully saturated rings. The Morgan fingerprint density at radius 1 is 1.19 bits per heavy atom. The predicted octanol–water partition coefficient (Wildman–Crippen LogP) is 2.62. The Kier molecular flexibility index (Phi) is 6.50. The van der Waals surface area contributed by atoms with Gasteiger partial charge in [0, 0.05) is 44.3 Å². The maximum atomic E-state index is 14.5. The van der Waals surface area contributed by atoms with Crippen LogP contribution < -0.4 is 4.90 Å². The van der Waals surface area contributed by atoms with Gasteiger partial charge in [-0.15, -0.1) is 0 Å². The molecule has 0 spiro atoms. The summed E-state index contributed by atoms with van der Waals surface area (Å²) in [6.07, 6.45) is 5.39. The van der Waals surface area contributed by atoms with Crippen molar-refractivity contribution in [1.29, 1.82) is 0 Å². The van der Waals surface area contributed by atoms with Gasteiger partial charge in [0.1, 0.15) is 5.82 Å². The second-order valence-electron chi connectivity index (χ2n) is 8.70. The molecule has 174 valence electrons. The molecular formula is C22H29FN4O4S. The number of hydrogen-bond acceptors (Lipinski definition) is 7. The van der Waals surface area contributed by atoms with Crippen LogP contribution in [-0.2, 0) is 27.5 Å². The SMILES string of the molecule is CCCc1nc(N2CCC(N3CC[C@H](Cc4ccc(S(C)(=O)=O)cc4F)C3=O)CC2)no1. The first-order valence-electron chi connectivity index (χ1n) is 11.1. The molecule has 0 bridgehead atoms. The van der Waals surface area contributed by atoms with Crippen molar-refractivity contribution in [3.05, 3.63) is 35.5 Å². The highest BCUT2D eigenvalue weighted by molar-refractivity contribution is 7.90. The van der Waals surface area contributed by atoms with Crippen molar-refractivity contribution in [2.24, 2.45) is 5.92 Å². The van der Waals surface area contributed by atoms with Gasteiger partial charge in [0.2, 0.25) is 11.8 Å². The van der Waals surface area contributed by atoms with Crippen LogP contribution in [0.2, 0.25) is 0 Å². The van der Waals surface area contributed by atoms with Crippen LogP contribution in [0.1, 0.15) is 44.1 Å². The summed E-state index contributed by atoms with van der Waals surface area (Å²) in [5.41, 5.74) is 0.382. The summed E-state index contributed by atoms with van der Waals surface area (Å²) in [6.45, 7) is 4.24. The number of halogens is 1. The Morgan fingerprint density at radius 3 is 2.59 bits per heavy atom. The molecule has 2 aromatic rings. The van der Waals surface area contributed by atoms with E-state index in [4.69, 9.17) is 4.52 Å². The summed E-state index contributed by atoms with van der Waals surface area (Å²) in [6, 6.07) is 4.09. The molecule has 2 aliphatic rings. The lowest BCUT2D eigenvalue weighted by molar-refractivity contribution is -0.133. The number of aromatic nitrogens is 2. The third-order valence-corrected chi connectivity index (χ3v) is 7.49. The summed E-state index contributed by atoms with van der Waals surface area (Å²) in [5.74, 6) is 0.472. The number of likely N-dealkylation sites (tertiary alicyclic amines) is 1. The van der Waals surface area contributed by atoms with Crippen molar-refractivity contribution in [2.75, 3.05) is 30.8 Å². The number of carbonyl (C=O) groups is 1. The summed E-state index contributed by atoms with van der Waals surface area (Å²) in [7, 11) is -3.46. The van der Waals surface area contributed by atoms with Crippen molar-refractivity contribution in [2.45, 2.75) is 56.4 Å². The number of sulfone groups is 1. The lowest BCUT2D eigenvalue weighted by Gasteiger charge is -2.36. The molecule has 0 N–H and O–H groups in total. The average Bonchev–Trinajstić information content (AvgIpc) is 3.36. The topological polar surface area (TPSA) is 96.6 Å². The fraction of sp³-hybridized carbons (Fsp3) is 0.591. The Hall–Kier alpha value is -2.49. The van der Waals surface area contributed by atoms with E-state index in [-0.39, 0.29) is 29.2 Å². The average molecular weight is 465 g/mol. The number of piperidine rings is 1. The summed E-state index contributed by atoms with van der Waals surface area (Å²) >= 11 is 0. The molecule has 0 unspecified atom stereocenters. The first-order chi connectivity index (χ1) is 15.3. The van der Waals surface area contributed by atoms with Crippen molar-refractivity contribution >= 4 is 21.7 Å². The minimum atomic E-state index is -3.46. The zero-order valence-electron chi connectivity index (χ0n) is 18.5. The van der Waals surface area contributed by atoms with Crippen molar-refractivity contribution in [3.8, 4) is 0 Å². The second kappa shape index (κ2) is 9.17. The molecule has 1 amide bonds. The molecule has 8 nitrogen and oxygen atoms in total. The zero-order chi connectivity index (χ0) is 22.9. The zero-order valence-corrected chi connectivity index (χ0v) is 19.3. The molecule has 4 rings (SSSR count). The van der Waals surface area contributed by atoms with Gasteiger partial charge in [0.25, 0.3) is 5.95 Å². The van der Waals surface area contributed by atoms with Crippen LogP contribution in [0.15, 0.2) is 27.6 Å². The Balaban J connectivity index is 1.34. The minimum absolute atomic E-state index is 0.0479. The van der Waals surface area contributed by atoms with Gasteiger partial charge >= 0.3 is 0 Å². The van der Waals surface area contributed by atoms with E-state index < -0.39 is 15.7 Å². The van der Waals surface area contributed by atoms with E-state index in [1.54, 1.807) is 0 Å². The van der Waals surface area contributed by atoms with Crippen LogP contribution in [0.4, 0.5) is 10.3 Å². The standard InChI is InChI=1S/C22H29FN4O4S/c1-3-4-20-24-22(25-31-20)26-10-8-17(9-11-26)27-12-7-16(21(27)28)13-15-5-6-18(14-19(15)23)32(2,29)30/h5-6,14,16-17H,3-4,7-13H2,1-2H3/t16-/m1/s1. The highest BCUT2D eigenvalue weighted by Crippen LogP contribution is 2.30. The molecule has 2 saturated heterocycles. The lowest BCUT2D eigenvalue weighted by atomic mass is 9.97. The van der Waals surface area contributed by atoms with E-state index in [9.17, 15) is 17.6 Å². The number of amides is 1. The maximum absolute atomic E-state index is 14.5. The number of anilines is 1.